The van der Waals surface area contributed by atoms with Gasteiger partial charge in [-0.15, -0.1) is 11.3 Å². The van der Waals surface area contributed by atoms with Crippen LogP contribution >= 0.6 is 11.3 Å². The van der Waals surface area contributed by atoms with Gasteiger partial charge < -0.3 is 33.6 Å². The summed E-state index contributed by atoms with van der Waals surface area (Å²) in [5.74, 6) is 1.34. The fraction of sp³-hybridized carbons (Fsp3) is 0.282. The predicted molar refractivity (Wildman–Crippen MR) is 365 cm³/mol. The van der Waals surface area contributed by atoms with Crippen molar-refractivity contribution in [3.05, 3.63) is 198 Å². The van der Waals surface area contributed by atoms with Gasteiger partial charge in [-0.1, -0.05) is 66.8 Å². The van der Waals surface area contributed by atoms with Crippen LogP contribution in [0.1, 0.15) is 60.1 Å². The highest BCUT2D eigenvalue weighted by molar-refractivity contribution is 7.92. The molecule has 0 aliphatic carbocycles. The third-order valence-corrected chi connectivity index (χ3v) is 24.4. The van der Waals surface area contributed by atoms with Crippen molar-refractivity contribution >= 4 is 90.8 Å². The van der Waals surface area contributed by atoms with E-state index < -0.39 is 47.6 Å². The number of ether oxygens (including phenoxy) is 4. The highest BCUT2D eigenvalue weighted by Crippen LogP contribution is 2.42. The zero-order valence-corrected chi connectivity index (χ0v) is 56.3. The second-order valence-electron chi connectivity index (χ2n) is 24.2. The summed E-state index contributed by atoms with van der Waals surface area (Å²) in [6.07, 6.45) is 10.2. The third-order valence-electron chi connectivity index (χ3n) is 17.6. The lowest BCUT2D eigenvalue weighted by molar-refractivity contribution is -0.137. The summed E-state index contributed by atoms with van der Waals surface area (Å²) in [6, 6.07) is 33.8. The Bertz CT molecular complexity index is 5100. The maximum absolute atomic E-state index is 14.1. The van der Waals surface area contributed by atoms with Gasteiger partial charge in [0, 0.05) is 121 Å². The first-order valence-corrected chi connectivity index (χ1v) is 36.5. The van der Waals surface area contributed by atoms with Crippen molar-refractivity contribution < 1.29 is 61.8 Å². The average molecular weight is 1380 g/mol. The lowest BCUT2D eigenvalue weighted by Gasteiger charge is -2.21. The fourth-order valence-electron chi connectivity index (χ4n) is 12.4. The molecule has 6 aromatic carbocycles. The lowest BCUT2D eigenvalue weighted by Crippen LogP contribution is -2.23. The Balaban J connectivity index is 0.000000130. The minimum Gasteiger partial charge on any atom is -0.490 e. The van der Waals surface area contributed by atoms with Crippen molar-refractivity contribution in [1.29, 1.82) is 0 Å². The summed E-state index contributed by atoms with van der Waals surface area (Å²) in [6.45, 7) is 8.46. The van der Waals surface area contributed by atoms with Crippen LogP contribution in [0.4, 0.5) is 17.6 Å². The molecule has 10 aromatic rings. The van der Waals surface area contributed by atoms with Crippen LogP contribution in [0.25, 0.3) is 60.0 Å². The van der Waals surface area contributed by atoms with Gasteiger partial charge in [-0.05, 0) is 131 Å². The Labute approximate surface area is 558 Å². The second kappa shape index (κ2) is 26.8. The molecule has 4 aromatic heterocycles. The molecule has 0 saturated carbocycles. The summed E-state index contributed by atoms with van der Waals surface area (Å²) in [5.41, 5.74) is 7.27. The first-order valence-electron chi connectivity index (χ1n) is 31.4. The number of para-hydroxylation sites is 1. The molecule has 25 heteroatoms. The van der Waals surface area contributed by atoms with Gasteiger partial charge in [-0.3, -0.25) is 0 Å². The fourth-order valence-corrected chi connectivity index (χ4v) is 18.1. The Morgan fingerprint density at radius 1 is 0.479 bits per heavy atom. The molecule has 0 atom stereocenters. The molecule has 0 amide bonds. The van der Waals surface area contributed by atoms with Crippen LogP contribution in [0.15, 0.2) is 178 Å². The Kier molecular flexibility index (Phi) is 18.4. The molecule has 0 N–H and O–H groups in total. The molecule has 0 unspecified atom stereocenters. The first kappa shape index (κ1) is 66.1. The number of aromatic nitrogens is 4. The van der Waals surface area contributed by atoms with Crippen LogP contribution < -0.4 is 18.9 Å². The molecule has 0 spiro atoms. The van der Waals surface area contributed by atoms with Gasteiger partial charge in [-0.2, -0.15) is 21.6 Å². The van der Waals surface area contributed by atoms with E-state index in [1.165, 1.54) is 79.6 Å². The minimum absolute atomic E-state index is 0.0301. The van der Waals surface area contributed by atoms with Gasteiger partial charge in [0.2, 0.25) is 0 Å². The van der Waals surface area contributed by atoms with Crippen molar-refractivity contribution in [2.24, 2.45) is 0 Å². The van der Waals surface area contributed by atoms with E-state index in [0.717, 1.165) is 101 Å². The molecule has 15 rings (SSSR count). The van der Waals surface area contributed by atoms with Crippen LogP contribution in [0.3, 0.4) is 0 Å². The van der Waals surface area contributed by atoms with Crippen molar-refractivity contribution in [2.45, 2.75) is 59.2 Å². The number of benzene rings is 6. The van der Waals surface area contributed by atoms with Gasteiger partial charge in [0.05, 0.1) is 64.0 Å². The number of nitrogens with zero attached hydrogens (tertiary/aromatic N) is 7. The molecule has 0 radical (unpaired) electrons. The van der Waals surface area contributed by atoms with E-state index in [9.17, 15) is 42.8 Å². The minimum atomic E-state index is -4.54. The Morgan fingerprint density at radius 2 is 0.917 bits per heavy atom. The number of aryl methyl sites for hydroxylation is 1. The zero-order valence-electron chi connectivity index (χ0n) is 53.1. The summed E-state index contributed by atoms with van der Waals surface area (Å²) in [4.78, 5) is 11.2. The Morgan fingerprint density at radius 3 is 1.41 bits per heavy atom. The van der Waals surface area contributed by atoms with E-state index in [1.807, 2.05) is 74.8 Å². The normalized spacial score (nSPS) is 16.8. The second-order valence-corrected chi connectivity index (χ2v) is 30.9. The van der Waals surface area contributed by atoms with E-state index in [-0.39, 0.29) is 24.9 Å². The number of rotatable bonds is 10. The lowest BCUT2D eigenvalue weighted by atomic mass is 9.98. The highest BCUT2D eigenvalue weighted by atomic mass is 32.2. The molecule has 5 aliphatic heterocycles. The number of hydrogen-bond acceptors (Lipinski definition) is 15. The molecule has 0 fully saturated rings. The maximum atomic E-state index is 14.1. The quantitative estimate of drug-likeness (QED) is 0.118. The van der Waals surface area contributed by atoms with Crippen LogP contribution in [0, 0.1) is 12.7 Å². The van der Waals surface area contributed by atoms with Crippen LogP contribution in [-0.2, 0) is 36.2 Å². The van der Waals surface area contributed by atoms with Crippen molar-refractivity contribution in [1.82, 2.24) is 31.6 Å². The summed E-state index contributed by atoms with van der Waals surface area (Å²) >= 11 is 1.23. The van der Waals surface area contributed by atoms with E-state index in [4.69, 9.17) is 18.9 Å². The standard InChI is InChI=1S/C24H23F3N2O4S.C24H23N3O2S2.C23H23FN2O4S/c1-28-9-7-16(8-10-28)20-15-29(21-5-3-17(13-19(20)21)24(25,26)27)34(30,31)18-4-6-22-23(14-18)33-12-2-11-32-22;1-17-24(30-23(25-17)19-8-4-3-5-9-19)31(28,29)27-16-21(18-12-14-26(2)15-13-18)20-10-6-7-11-22(20)27;1-25-9-7-16(8-10-25)20-15-26(21-5-3-17(24)13-19(20)21)31(27,28)18-4-6-22-23(14-18)30-12-2-11-29-22/h3-7,13-15H,2,8-12H2,1H3;3-12,16H,13-15H2,1-2H3;3-7,13-15H,2,8-12H2,1H3. The third kappa shape index (κ3) is 13.2. The van der Waals surface area contributed by atoms with Crippen molar-refractivity contribution in [3.8, 4) is 33.6 Å². The molecule has 5 aliphatic rings. The zero-order chi connectivity index (χ0) is 67.3. The summed E-state index contributed by atoms with van der Waals surface area (Å²) in [7, 11) is -5.76. The van der Waals surface area contributed by atoms with Gasteiger partial charge in [0.1, 0.15) is 10.8 Å². The molecule has 9 heterocycles. The van der Waals surface area contributed by atoms with E-state index in [1.54, 1.807) is 31.5 Å². The van der Waals surface area contributed by atoms with E-state index in [0.29, 0.717) is 101 Å². The Hall–Kier alpha value is -8.56. The van der Waals surface area contributed by atoms with Gasteiger partial charge in [0.15, 0.2) is 27.2 Å². The van der Waals surface area contributed by atoms with Gasteiger partial charge in [-0.25, -0.2) is 38.1 Å². The summed E-state index contributed by atoms with van der Waals surface area (Å²) in [5, 5.41) is 2.52. The molecule has 17 nitrogen and oxygen atoms in total. The predicted octanol–water partition coefficient (Wildman–Crippen LogP) is 13.7. The topological polar surface area (TPSA) is 177 Å². The SMILES string of the molecule is CN1CC=C(c2cn(S(=O)(=O)c3ccc4c(c3)OCCCO4)c3ccc(C(F)(F)F)cc23)CC1.CN1CC=C(c2cn(S(=O)(=O)c3ccc4c(c3)OCCCO4)c3ccc(F)cc23)CC1.Cc1nc(-c2ccccc2)sc1S(=O)(=O)n1cc(C2=CCN(C)CC2)c2ccccc21. The first-order chi connectivity index (χ1) is 46.0. The van der Waals surface area contributed by atoms with Crippen molar-refractivity contribution in [3.63, 3.8) is 0 Å². The van der Waals surface area contributed by atoms with Crippen molar-refractivity contribution in [2.75, 3.05) is 86.8 Å². The number of fused-ring (bicyclic) bond motifs is 5. The molecule has 96 heavy (non-hydrogen) atoms. The summed E-state index contributed by atoms with van der Waals surface area (Å²) < 4.78 is 163. The largest absolute Gasteiger partial charge is 0.490 e. The molecular formula is C71H69F4N7O10S4. The average Bonchev–Trinajstić information content (AvgIpc) is 1.59. The molecule has 0 saturated heterocycles. The van der Waals surface area contributed by atoms with Gasteiger partial charge in [0.25, 0.3) is 30.1 Å². The number of alkyl halides is 3. The molecule has 500 valence electrons. The van der Waals surface area contributed by atoms with E-state index >= 15 is 0 Å². The number of thiazole rings is 1. The monoisotopic (exact) mass is 1380 g/mol. The molecule has 0 bridgehead atoms. The highest BCUT2D eigenvalue weighted by Gasteiger charge is 2.34. The number of likely N-dealkylation sites (N-methyl/N-ethyl adjacent to an activating group) is 3. The van der Waals surface area contributed by atoms with Crippen LogP contribution in [0.5, 0.6) is 23.0 Å². The smallest absolute Gasteiger partial charge is 0.416 e. The maximum Gasteiger partial charge on any atom is 0.416 e. The van der Waals surface area contributed by atoms with Crippen LogP contribution in [-0.4, -0.2) is 144 Å². The number of hydrogen-bond donors (Lipinski definition) is 0. The number of halogens is 4. The molecular weight excluding hydrogens is 1320 g/mol. The van der Waals surface area contributed by atoms with Crippen LogP contribution in [0.2, 0.25) is 0 Å². The van der Waals surface area contributed by atoms with E-state index in [2.05, 4.69) is 38.9 Å². The van der Waals surface area contributed by atoms with Gasteiger partial charge >= 0.3 is 6.18 Å².